The lowest BCUT2D eigenvalue weighted by Gasteiger charge is -2.09. The summed E-state index contributed by atoms with van der Waals surface area (Å²) in [4.78, 5) is 23.5. The number of hydrogen-bond acceptors (Lipinski definition) is 3. The molecule has 0 aromatic heterocycles. The minimum absolute atomic E-state index is 0.0921. The summed E-state index contributed by atoms with van der Waals surface area (Å²) >= 11 is 0. The van der Waals surface area contributed by atoms with E-state index >= 15 is 0 Å². The van der Waals surface area contributed by atoms with Gasteiger partial charge in [0.15, 0.2) is 0 Å². The largest absolute Gasteiger partial charge is 0.417 e. The van der Waals surface area contributed by atoms with E-state index < -0.39 is 6.09 Å². The van der Waals surface area contributed by atoms with E-state index in [4.69, 9.17) is 4.74 Å². The molecule has 0 atom stereocenters. The Kier molecular flexibility index (Phi) is 7.01. The molecule has 2 amide bonds. The van der Waals surface area contributed by atoms with Crippen molar-refractivity contribution in [1.82, 2.24) is 0 Å². The molecule has 0 unspecified atom stereocenters. The quantitative estimate of drug-likeness (QED) is 0.746. The van der Waals surface area contributed by atoms with E-state index in [9.17, 15) is 9.59 Å². The molecular weight excluding hydrogens is 316 g/mol. The predicted octanol–water partition coefficient (Wildman–Crippen LogP) is 4.99. The van der Waals surface area contributed by atoms with Gasteiger partial charge in [-0.25, -0.2) is 4.79 Å². The van der Waals surface area contributed by atoms with Gasteiger partial charge >= 0.3 is 6.09 Å². The Morgan fingerprint density at radius 3 is 2.40 bits per heavy atom. The van der Waals surface area contributed by atoms with E-state index in [-0.39, 0.29) is 5.91 Å². The van der Waals surface area contributed by atoms with E-state index in [0.717, 1.165) is 19.3 Å². The number of carbonyl (C=O) groups is 2. The summed E-state index contributed by atoms with van der Waals surface area (Å²) < 4.78 is 5.29. The molecule has 2 rings (SSSR count). The van der Waals surface area contributed by atoms with Crippen molar-refractivity contribution in [2.75, 3.05) is 10.6 Å². The fourth-order valence-corrected chi connectivity index (χ4v) is 2.32. The van der Waals surface area contributed by atoms with Crippen molar-refractivity contribution in [2.24, 2.45) is 0 Å². The number of ether oxygens (including phenoxy) is 1. The molecule has 25 heavy (non-hydrogen) atoms. The number of aryl methyl sites for hydroxylation is 1. The van der Waals surface area contributed by atoms with Crippen molar-refractivity contribution in [1.29, 1.82) is 0 Å². The second-order valence-corrected chi connectivity index (χ2v) is 5.75. The molecule has 0 aliphatic heterocycles. The van der Waals surface area contributed by atoms with Crippen LogP contribution in [0, 0.1) is 0 Å². The van der Waals surface area contributed by atoms with Crippen LogP contribution in [0.1, 0.15) is 38.7 Å². The van der Waals surface area contributed by atoms with Crippen molar-refractivity contribution < 1.29 is 14.3 Å². The Bertz CT molecular complexity index is 728. The average Bonchev–Trinajstić information content (AvgIpc) is 2.60. The molecule has 0 aliphatic rings. The van der Waals surface area contributed by atoms with Crippen molar-refractivity contribution in [3.8, 4) is 5.75 Å². The summed E-state index contributed by atoms with van der Waals surface area (Å²) in [6.07, 6.45) is 3.06. The molecule has 2 N–H and O–H groups in total. The van der Waals surface area contributed by atoms with Crippen molar-refractivity contribution in [3.05, 3.63) is 54.1 Å². The third kappa shape index (κ3) is 6.30. The highest BCUT2D eigenvalue weighted by atomic mass is 16.6. The van der Waals surface area contributed by atoms with Crippen LogP contribution in [0.3, 0.4) is 0 Å². The number of nitrogens with one attached hydrogen (secondary N) is 2. The summed E-state index contributed by atoms with van der Waals surface area (Å²) in [5.74, 6) is 0.277. The first-order valence-corrected chi connectivity index (χ1v) is 8.58. The first-order chi connectivity index (χ1) is 12.1. The zero-order chi connectivity index (χ0) is 18.1. The normalized spacial score (nSPS) is 10.2. The molecule has 0 saturated heterocycles. The molecule has 5 nitrogen and oxygen atoms in total. The zero-order valence-electron chi connectivity index (χ0n) is 14.7. The van der Waals surface area contributed by atoms with E-state index in [1.807, 2.05) is 24.3 Å². The third-order valence-corrected chi connectivity index (χ3v) is 3.64. The summed E-state index contributed by atoms with van der Waals surface area (Å²) in [5, 5.41) is 5.46. The van der Waals surface area contributed by atoms with Crippen LogP contribution in [0.15, 0.2) is 48.5 Å². The average molecular weight is 340 g/mol. The lowest BCUT2D eigenvalue weighted by atomic mass is 10.1. The lowest BCUT2D eigenvalue weighted by molar-refractivity contribution is -0.115. The van der Waals surface area contributed by atoms with Crippen molar-refractivity contribution in [2.45, 2.75) is 39.5 Å². The summed E-state index contributed by atoms with van der Waals surface area (Å²) in [6.45, 7) is 3.92. The van der Waals surface area contributed by atoms with E-state index in [0.29, 0.717) is 23.5 Å². The zero-order valence-corrected chi connectivity index (χ0v) is 14.7. The van der Waals surface area contributed by atoms with Gasteiger partial charge in [0.05, 0.1) is 0 Å². The molecule has 2 aromatic rings. The van der Waals surface area contributed by atoms with Gasteiger partial charge in [0.2, 0.25) is 5.91 Å². The van der Waals surface area contributed by atoms with Gasteiger partial charge in [-0.15, -0.1) is 0 Å². The van der Waals surface area contributed by atoms with Gasteiger partial charge < -0.3 is 10.1 Å². The van der Waals surface area contributed by atoms with E-state index in [1.54, 1.807) is 31.2 Å². The van der Waals surface area contributed by atoms with Gasteiger partial charge in [-0.2, -0.15) is 0 Å². The number of unbranched alkanes of at least 4 members (excludes halogenated alkanes) is 1. The van der Waals surface area contributed by atoms with Gasteiger partial charge in [-0.1, -0.05) is 38.5 Å². The molecule has 0 spiro atoms. The minimum atomic E-state index is -0.563. The Morgan fingerprint density at radius 1 is 0.960 bits per heavy atom. The molecule has 2 aromatic carbocycles. The van der Waals surface area contributed by atoms with Crippen molar-refractivity contribution >= 4 is 23.4 Å². The molecule has 0 saturated carbocycles. The highest BCUT2D eigenvalue weighted by Crippen LogP contribution is 2.19. The molecule has 0 aliphatic carbocycles. The molecule has 0 bridgehead atoms. The lowest BCUT2D eigenvalue weighted by Crippen LogP contribution is -2.17. The van der Waals surface area contributed by atoms with Crippen LogP contribution in [0.2, 0.25) is 0 Å². The van der Waals surface area contributed by atoms with Gasteiger partial charge in [-0.3, -0.25) is 10.1 Å². The van der Waals surface area contributed by atoms with Gasteiger partial charge in [0.1, 0.15) is 5.75 Å². The van der Waals surface area contributed by atoms with E-state index in [1.165, 1.54) is 5.56 Å². The number of amides is 2. The van der Waals surface area contributed by atoms with Crippen molar-refractivity contribution in [3.63, 3.8) is 0 Å². The molecule has 132 valence electrons. The summed E-state index contributed by atoms with van der Waals surface area (Å²) in [6, 6.07) is 14.5. The van der Waals surface area contributed by atoms with Crippen LogP contribution in [0.25, 0.3) is 0 Å². The van der Waals surface area contributed by atoms with Gasteiger partial charge in [0, 0.05) is 23.9 Å². The fourth-order valence-electron chi connectivity index (χ4n) is 2.32. The van der Waals surface area contributed by atoms with Crippen LogP contribution in [-0.4, -0.2) is 12.0 Å². The Morgan fingerprint density at radius 2 is 1.68 bits per heavy atom. The number of benzene rings is 2. The second kappa shape index (κ2) is 9.47. The number of hydrogen-bond donors (Lipinski definition) is 2. The van der Waals surface area contributed by atoms with Crippen LogP contribution in [-0.2, 0) is 11.2 Å². The summed E-state index contributed by atoms with van der Waals surface area (Å²) in [7, 11) is 0. The van der Waals surface area contributed by atoms with E-state index in [2.05, 4.69) is 17.6 Å². The fraction of sp³-hybridized carbons (Fsp3) is 0.300. The maximum atomic E-state index is 12.1. The minimum Gasteiger partial charge on any atom is -0.410 e. The molecule has 0 fully saturated rings. The van der Waals surface area contributed by atoms with Gasteiger partial charge in [-0.05, 0) is 42.7 Å². The number of carbonyl (C=O) groups excluding carboxylic acids is 2. The Labute approximate surface area is 148 Å². The smallest absolute Gasteiger partial charge is 0.410 e. The Hall–Kier alpha value is -2.82. The Balaban J connectivity index is 1.96. The third-order valence-electron chi connectivity index (χ3n) is 3.64. The monoisotopic (exact) mass is 340 g/mol. The van der Waals surface area contributed by atoms with Crippen LogP contribution < -0.4 is 15.4 Å². The molecule has 0 heterocycles. The standard InChI is InChI=1S/C20H24N2O3/c1-3-5-8-15-9-6-10-16(13-15)22-20(24)25-18-12-7-11-17(14-18)21-19(23)4-2/h6-7,9-14H,3-5,8H2,1-2H3,(H,21,23)(H,22,24). The van der Waals surface area contributed by atoms with Crippen LogP contribution in [0.4, 0.5) is 16.2 Å². The first kappa shape index (κ1) is 18.5. The predicted molar refractivity (Wildman–Crippen MR) is 100 cm³/mol. The molecule has 5 heteroatoms. The molecular formula is C20H24N2O3. The summed E-state index contributed by atoms with van der Waals surface area (Å²) in [5.41, 5.74) is 2.48. The molecule has 0 radical (unpaired) electrons. The number of anilines is 2. The SMILES string of the molecule is CCCCc1cccc(NC(=O)Oc2cccc(NC(=O)CC)c2)c1. The topological polar surface area (TPSA) is 67.4 Å². The second-order valence-electron chi connectivity index (χ2n) is 5.75. The van der Waals surface area contributed by atoms with Crippen LogP contribution in [0.5, 0.6) is 5.75 Å². The highest BCUT2D eigenvalue weighted by Gasteiger charge is 2.07. The first-order valence-electron chi connectivity index (χ1n) is 8.58. The number of rotatable bonds is 7. The van der Waals surface area contributed by atoms with Crippen LogP contribution >= 0.6 is 0 Å². The maximum Gasteiger partial charge on any atom is 0.417 e. The van der Waals surface area contributed by atoms with Gasteiger partial charge in [0.25, 0.3) is 0 Å². The maximum absolute atomic E-state index is 12.1. The highest BCUT2D eigenvalue weighted by molar-refractivity contribution is 5.91.